The Hall–Kier alpha value is -4.28. The fourth-order valence-electron chi connectivity index (χ4n) is 5.13. The number of hydrogen-bond donors (Lipinski definition) is 2. The van der Waals surface area contributed by atoms with E-state index in [1.54, 1.807) is 30.7 Å². The van der Waals surface area contributed by atoms with E-state index < -0.39 is 17.6 Å². The first-order valence-electron chi connectivity index (χ1n) is 13.7. The summed E-state index contributed by atoms with van der Waals surface area (Å²) in [4.78, 5) is 25.8. The summed E-state index contributed by atoms with van der Waals surface area (Å²) in [5.74, 6) is -0.0179. The van der Waals surface area contributed by atoms with Gasteiger partial charge < -0.3 is 15.5 Å². The van der Waals surface area contributed by atoms with Crippen LogP contribution in [0.25, 0.3) is 11.1 Å². The Morgan fingerprint density at radius 1 is 1.05 bits per heavy atom. The van der Waals surface area contributed by atoms with E-state index in [1.807, 2.05) is 56.3 Å². The molecule has 42 heavy (non-hydrogen) atoms. The molecule has 218 valence electrons. The molecule has 1 saturated heterocycles. The summed E-state index contributed by atoms with van der Waals surface area (Å²) in [5.41, 5.74) is 3.27. The minimum absolute atomic E-state index is 0.0559. The molecular formula is C32H33F3N6O. The fourth-order valence-corrected chi connectivity index (χ4v) is 5.13. The number of benzene rings is 2. The van der Waals surface area contributed by atoms with Crippen LogP contribution in [0.3, 0.4) is 0 Å². The average Bonchev–Trinajstić information content (AvgIpc) is 3.44. The van der Waals surface area contributed by atoms with Crippen molar-refractivity contribution in [2.75, 3.05) is 37.8 Å². The van der Waals surface area contributed by atoms with Crippen molar-refractivity contribution in [3.8, 4) is 11.1 Å². The van der Waals surface area contributed by atoms with Gasteiger partial charge in [0.15, 0.2) is 0 Å². The van der Waals surface area contributed by atoms with Crippen LogP contribution in [0.4, 0.5) is 30.4 Å². The summed E-state index contributed by atoms with van der Waals surface area (Å²) in [6, 6.07) is 17.0. The second-order valence-electron chi connectivity index (χ2n) is 10.8. The lowest BCUT2D eigenvalue weighted by molar-refractivity contribution is -0.138. The average molecular weight is 575 g/mol. The number of hydrogen-bond acceptors (Lipinski definition) is 6. The standard InChI is InChI=1S/C32H33F3N6O/c1-21-6-9-26(17-29(21)39-30-16-22(10-13-37-30)24-5-4-12-36-18-24)38-31(42)23-7-8-25(28(15-23)32(33,34)35)19-41-14-11-27(20-41)40(2)3/h4-10,12-13,15-18,27H,11,14,19-20H2,1-3H3,(H,37,39)(H,38,42)/t27-/m0/s1. The lowest BCUT2D eigenvalue weighted by Gasteiger charge is -2.22. The van der Waals surface area contributed by atoms with Crippen molar-refractivity contribution in [3.05, 3.63) is 102 Å². The number of carbonyl (C=O) groups is 1. The highest BCUT2D eigenvalue weighted by Gasteiger charge is 2.35. The molecule has 2 N–H and O–H groups in total. The summed E-state index contributed by atoms with van der Waals surface area (Å²) >= 11 is 0. The Kier molecular flexibility index (Phi) is 8.56. The Labute approximate surface area is 243 Å². The molecule has 1 aliphatic rings. The van der Waals surface area contributed by atoms with Gasteiger partial charge in [0.1, 0.15) is 5.82 Å². The zero-order valence-electron chi connectivity index (χ0n) is 23.7. The number of carbonyl (C=O) groups excluding carboxylic acids is 1. The largest absolute Gasteiger partial charge is 0.416 e. The molecule has 4 aromatic rings. The molecule has 10 heteroatoms. The highest BCUT2D eigenvalue weighted by Crippen LogP contribution is 2.34. The molecule has 0 saturated carbocycles. The Morgan fingerprint density at radius 2 is 1.88 bits per heavy atom. The van der Waals surface area contributed by atoms with Gasteiger partial charge in [-0.25, -0.2) is 4.98 Å². The fraction of sp³-hybridized carbons (Fsp3) is 0.281. The molecule has 0 bridgehead atoms. The number of halogens is 3. The van der Waals surface area contributed by atoms with E-state index in [0.29, 0.717) is 29.8 Å². The number of anilines is 3. The quantitative estimate of drug-likeness (QED) is 0.247. The molecule has 5 rings (SSSR count). The third-order valence-corrected chi connectivity index (χ3v) is 7.56. The maximum atomic E-state index is 14.1. The molecule has 0 aliphatic carbocycles. The van der Waals surface area contributed by atoms with Gasteiger partial charge in [0.2, 0.25) is 0 Å². The van der Waals surface area contributed by atoms with Crippen LogP contribution in [0, 0.1) is 6.92 Å². The Morgan fingerprint density at radius 3 is 2.60 bits per heavy atom. The van der Waals surface area contributed by atoms with Crippen molar-refractivity contribution in [2.24, 2.45) is 0 Å². The van der Waals surface area contributed by atoms with Gasteiger partial charge in [-0.2, -0.15) is 13.2 Å². The van der Waals surface area contributed by atoms with Crippen molar-refractivity contribution in [3.63, 3.8) is 0 Å². The molecule has 1 fully saturated rings. The molecule has 2 aromatic carbocycles. The summed E-state index contributed by atoms with van der Waals surface area (Å²) in [6.45, 7) is 3.54. The number of alkyl halides is 3. The van der Waals surface area contributed by atoms with Crippen LogP contribution in [0.5, 0.6) is 0 Å². The lowest BCUT2D eigenvalue weighted by atomic mass is 10.0. The second-order valence-corrected chi connectivity index (χ2v) is 10.8. The van der Waals surface area contributed by atoms with E-state index in [1.165, 1.54) is 12.1 Å². The predicted octanol–water partition coefficient (Wildman–Crippen LogP) is 6.60. The van der Waals surface area contributed by atoms with Gasteiger partial charge in [0.25, 0.3) is 5.91 Å². The van der Waals surface area contributed by atoms with Gasteiger partial charge in [-0.3, -0.25) is 14.7 Å². The molecule has 0 radical (unpaired) electrons. The van der Waals surface area contributed by atoms with E-state index in [9.17, 15) is 18.0 Å². The molecule has 0 unspecified atom stereocenters. The Bertz CT molecular complexity index is 1560. The van der Waals surface area contributed by atoms with Crippen LogP contribution < -0.4 is 10.6 Å². The number of aryl methyl sites for hydroxylation is 1. The molecular weight excluding hydrogens is 541 g/mol. The molecule has 0 spiro atoms. The van der Waals surface area contributed by atoms with Crippen LogP contribution >= 0.6 is 0 Å². The number of aromatic nitrogens is 2. The van der Waals surface area contributed by atoms with E-state index in [2.05, 4.69) is 25.5 Å². The third-order valence-electron chi connectivity index (χ3n) is 7.56. The maximum Gasteiger partial charge on any atom is 0.416 e. The summed E-state index contributed by atoms with van der Waals surface area (Å²) in [5, 5.41) is 6.02. The van der Waals surface area contributed by atoms with Crippen LogP contribution in [-0.2, 0) is 12.7 Å². The number of nitrogens with one attached hydrogen (secondary N) is 2. The number of likely N-dealkylation sites (tertiary alicyclic amines) is 1. The smallest absolute Gasteiger partial charge is 0.340 e. The number of pyridine rings is 2. The van der Waals surface area contributed by atoms with Crippen molar-refractivity contribution in [2.45, 2.75) is 32.1 Å². The SMILES string of the molecule is Cc1ccc(NC(=O)c2ccc(CN3CC[C@H](N(C)C)C3)c(C(F)(F)F)c2)cc1Nc1cc(-c2cccnc2)ccn1. The molecule has 7 nitrogen and oxygen atoms in total. The predicted molar refractivity (Wildman–Crippen MR) is 159 cm³/mol. The number of amides is 1. The highest BCUT2D eigenvalue weighted by molar-refractivity contribution is 6.04. The van der Waals surface area contributed by atoms with E-state index in [0.717, 1.165) is 35.7 Å². The van der Waals surface area contributed by atoms with Gasteiger partial charge in [0.05, 0.1) is 5.56 Å². The van der Waals surface area contributed by atoms with Crippen LogP contribution in [0.1, 0.15) is 33.5 Å². The Balaban J connectivity index is 1.32. The first-order chi connectivity index (χ1) is 20.1. The highest BCUT2D eigenvalue weighted by atomic mass is 19.4. The topological polar surface area (TPSA) is 73.4 Å². The molecule has 2 aromatic heterocycles. The molecule has 1 atom stereocenters. The number of rotatable bonds is 8. The zero-order valence-corrected chi connectivity index (χ0v) is 23.7. The third kappa shape index (κ3) is 6.95. The zero-order chi connectivity index (χ0) is 29.9. The maximum absolute atomic E-state index is 14.1. The van der Waals surface area contributed by atoms with Crippen molar-refractivity contribution >= 4 is 23.1 Å². The van der Waals surface area contributed by atoms with Crippen molar-refractivity contribution in [1.82, 2.24) is 19.8 Å². The van der Waals surface area contributed by atoms with Crippen LogP contribution in [-0.4, -0.2) is 58.9 Å². The van der Waals surface area contributed by atoms with Gasteiger partial charge in [-0.15, -0.1) is 0 Å². The molecule has 3 heterocycles. The number of likely N-dealkylation sites (N-methyl/N-ethyl adjacent to an activating group) is 1. The minimum atomic E-state index is -4.58. The van der Waals surface area contributed by atoms with Crippen molar-refractivity contribution < 1.29 is 18.0 Å². The van der Waals surface area contributed by atoms with E-state index in [-0.39, 0.29) is 17.7 Å². The number of nitrogens with zero attached hydrogens (tertiary/aromatic N) is 4. The first-order valence-corrected chi connectivity index (χ1v) is 13.7. The van der Waals surface area contributed by atoms with Crippen LogP contribution in [0.2, 0.25) is 0 Å². The summed E-state index contributed by atoms with van der Waals surface area (Å²) in [6.07, 6.45) is 1.50. The molecule has 1 amide bonds. The minimum Gasteiger partial charge on any atom is -0.340 e. The van der Waals surface area contributed by atoms with Gasteiger partial charge in [-0.1, -0.05) is 18.2 Å². The lowest BCUT2D eigenvalue weighted by Crippen LogP contribution is -2.31. The van der Waals surface area contributed by atoms with Gasteiger partial charge in [-0.05, 0) is 86.6 Å². The van der Waals surface area contributed by atoms with E-state index in [4.69, 9.17) is 0 Å². The van der Waals surface area contributed by atoms with E-state index >= 15 is 0 Å². The normalized spacial score (nSPS) is 15.6. The molecule has 1 aliphatic heterocycles. The summed E-state index contributed by atoms with van der Waals surface area (Å²) < 4.78 is 42.2. The van der Waals surface area contributed by atoms with Crippen LogP contribution in [0.15, 0.2) is 79.3 Å². The second kappa shape index (κ2) is 12.3. The summed E-state index contributed by atoms with van der Waals surface area (Å²) in [7, 11) is 3.96. The van der Waals surface area contributed by atoms with Crippen molar-refractivity contribution in [1.29, 1.82) is 0 Å². The van der Waals surface area contributed by atoms with Gasteiger partial charge >= 0.3 is 6.18 Å². The first kappa shape index (κ1) is 29.2. The van der Waals surface area contributed by atoms with Gasteiger partial charge in [0, 0.05) is 66.8 Å². The monoisotopic (exact) mass is 574 g/mol.